The fourth-order valence-corrected chi connectivity index (χ4v) is 5.04. The Labute approximate surface area is 214 Å². The molecule has 4 heteroatoms. The van der Waals surface area contributed by atoms with Crippen molar-refractivity contribution in [2.75, 3.05) is 6.54 Å². The number of carbonyl (C=O) groups is 1. The number of likely N-dealkylation sites (tertiary alicyclic amines) is 1. The van der Waals surface area contributed by atoms with Gasteiger partial charge in [0.2, 0.25) is 5.91 Å². The van der Waals surface area contributed by atoms with Crippen LogP contribution in [-0.4, -0.2) is 27.3 Å². The molecule has 3 aromatic carbocycles. The number of nitrogens with zero attached hydrogens (tertiary/aromatic N) is 2. The molecule has 0 spiro atoms. The highest BCUT2D eigenvalue weighted by atomic mass is 16.2. The minimum atomic E-state index is 0.0356. The van der Waals surface area contributed by atoms with Crippen LogP contribution in [0.15, 0.2) is 85.1 Å². The van der Waals surface area contributed by atoms with Gasteiger partial charge in [0.1, 0.15) is 5.82 Å². The predicted octanol–water partition coefficient (Wildman–Crippen LogP) is 7.34. The van der Waals surface area contributed by atoms with Crippen LogP contribution < -0.4 is 0 Å². The maximum Gasteiger partial charge on any atom is 0.223 e. The molecule has 4 nitrogen and oxygen atoms in total. The third-order valence-corrected chi connectivity index (χ3v) is 7.23. The van der Waals surface area contributed by atoms with Crippen molar-refractivity contribution in [1.82, 2.24) is 14.9 Å². The summed E-state index contributed by atoms with van der Waals surface area (Å²) in [5.41, 5.74) is 7.23. The number of aromatic nitrogens is 2. The number of imidazole rings is 1. The van der Waals surface area contributed by atoms with E-state index in [1.807, 2.05) is 29.3 Å². The van der Waals surface area contributed by atoms with Crippen LogP contribution in [0.5, 0.6) is 0 Å². The molecule has 1 atom stereocenters. The quantitative estimate of drug-likeness (QED) is 0.316. The largest absolute Gasteiger partial charge is 0.340 e. The molecular weight excluding hydrogens is 442 g/mol. The Morgan fingerprint density at radius 2 is 1.58 bits per heavy atom. The summed E-state index contributed by atoms with van der Waals surface area (Å²) in [4.78, 5) is 23.3. The number of nitrogens with one attached hydrogen (secondary N) is 1. The van der Waals surface area contributed by atoms with Gasteiger partial charge in [-0.15, -0.1) is 0 Å². The van der Waals surface area contributed by atoms with E-state index in [0.29, 0.717) is 6.42 Å². The van der Waals surface area contributed by atoms with E-state index in [-0.39, 0.29) is 17.4 Å². The van der Waals surface area contributed by atoms with Crippen molar-refractivity contribution < 1.29 is 4.79 Å². The Morgan fingerprint density at radius 3 is 2.25 bits per heavy atom. The summed E-state index contributed by atoms with van der Waals surface area (Å²) in [5, 5.41) is 0. The second-order valence-corrected chi connectivity index (χ2v) is 10.8. The monoisotopic (exact) mass is 477 g/mol. The Bertz CT molecular complexity index is 1300. The van der Waals surface area contributed by atoms with Gasteiger partial charge in [-0.05, 0) is 52.5 Å². The maximum atomic E-state index is 13.2. The van der Waals surface area contributed by atoms with Crippen LogP contribution in [-0.2, 0) is 16.6 Å². The molecule has 5 rings (SSSR count). The number of aryl methyl sites for hydroxylation is 1. The molecule has 36 heavy (non-hydrogen) atoms. The second kappa shape index (κ2) is 10.1. The number of H-pyrrole nitrogens is 1. The molecule has 4 aromatic rings. The van der Waals surface area contributed by atoms with E-state index in [1.54, 1.807) is 0 Å². The molecule has 1 aliphatic heterocycles. The summed E-state index contributed by atoms with van der Waals surface area (Å²) in [7, 11) is 0. The number of hydrogen-bond acceptors (Lipinski definition) is 2. The SMILES string of the molecule is CC(C)(C)c1ccc(-c2ccc(CCC(=O)N3CCC[C@H]3c3ncc(-c4ccccc4)[nH]3)cc2)cc1. The highest BCUT2D eigenvalue weighted by molar-refractivity contribution is 5.77. The van der Waals surface area contributed by atoms with Gasteiger partial charge in [-0.3, -0.25) is 4.79 Å². The normalized spacial score (nSPS) is 15.9. The van der Waals surface area contributed by atoms with Crippen LogP contribution in [0.25, 0.3) is 22.4 Å². The minimum absolute atomic E-state index is 0.0356. The van der Waals surface area contributed by atoms with E-state index in [4.69, 9.17) is 0 Å². The average Bonchev–Trinajstić information content (AvgIpc) is 3.58. The van der Waals surface area contributed by atoms with E-state index in [9.17, 15) is 4.79 Å². The zero-order valence-corrected chi connectivity index (χ0v) is 21.5. The lowest BCUT2D eigenvalue weighted by molar-refractivity contribution is -0.132. The van der Waals surface area contributed by atoms with Gasteiger partial charge in [0.15, 0.2) is 0 Å². The molecule has 0 radical (unpaired) electrons. The van der Waals surface area contributed by atoms with Crippen LogP contribution >= 0.6 is 0 Å². The molecular formula is C32H35N3O. The van der Waals surface area contributed by atoms with Gasteiger partial charge in [0, 0.05) is 13.0 Å². The lowest BCUT2D eigenvalue weighted by Gasteiger charge is -2.23. The topological polar surface area (TPSA) is 49.0 Å². The highest BCUT2D eigenvalue weighted by Gasteiger charge is 2.31. The lowest BCUT2D eigenvalue weighted by atomic mass is 9.86. The third kappa shape index (κ3) is 5.28. The van der Waals surface area contributed by atoms with Crippen molar-refractivity contribution in [1.29, 1.82) is 0 Å². The molecule has 0 aliphatic carbocycles. The number of hydrogen-bond donors (Lipinski definition) is 1. The van der Waals surface area contributed by atoms with E-state index in [1.165, 1.54) is 22.3 Å². The van der Waals surface area contributed by atoms with Gasteiger partial charge in [-0.2, -0.15) is 0 Å². The molecule has 1 amide bonds. The van der Waals surface area contributed by atoms with Crippen molar-refractivity contribution in [3.63, 3.8) is 0 Å². The number of amides is 1. The van der Waals surface area contributed by atoms with E-state index in [2.05, 4.69) is 91.4 Å². The molecule has 1 aromatic heterocycles. The van der Waals surface area contributed by atoms with Gasteiger partial charge >= 0.3 is 0 Å². The van der Waals surface area contributed by atoms with Crippen LogP contribution in [0.2, 0.25) is 0 Å². The molecule has 1 aliphatic rings. The van der Waals surface area contributed by atoms with Crippen molar-refractivity contribution in [3.05, 3.63) is 102 Å². The zero-order valence-electron chi connectivity index (χ0n) is 21.5. The summed E-state index contributed by atoms with van der Waals surface area (Å²) in [6.07, 6.45) is 5.11. The third-order valence-electron chi connectivity index (χ3n) is 7.23. The summed E-state index contributed by atoms with van der Waals surface area (Å²) >= 11 is 0. The summed E-state index contributed by atoms with van der Waals surface area (Å²) in [6, 6.07) is 27.7. The molecule has 0 bridgehead atoms. The Kier molecular flexibility index (Phi) is 6.77. The first-order chi connectivity index (χ1) is 17.4. The smallest absolute Gasteiger partial charge is 0.223 e. The number of aromatic amines is 1. The van der Waals surface area contributed by atoms with Gasteiger partial charge in [-0.25, -0.2) is 4.98 Å². The highest BCUT2D eigenvalue weighted by Crippen LogP contribution is 2.32. The Morgan fingerprint density at radius 1 is 0.917 bits per heavy atom. The Hall–Kier alpha value is -3.66. The van der Waals surface area contributed by atoms with Crippen molar-refractivity contribution in [2.24, 2.45) is 0 Å². The van der Waals surface area contributed by atoms with Crippen LogP contribution in [0.4, 0.5) is 0 Å². The maximum absolute atomic E-state index is 13.2. The lowest BCUT2D eigenvalue weighted by Crippen LogP contribution is -2.31. The van der Waals surface area contributed by atoms with Crippen molar-refractivity contribution >= 4 is 5.91 Å². The Balaban J connectivity index is 1.20. The number of rotatable bonds is 6. The fraction of sp³-hybridized carbons (Fsp3) is 0.312. The first-order valence-electron chi connectivity index (χ1n) is 13.0. The van der Waals surface area contributed by atoms with Crippen molar-refractivity contribution in [2.45, 2.75) is 57.9 Å². The molecule has 1 saturated heterocycles. The zero-order chi connectivity index (χ0) is 25.1. The fourth-order valence-electron chi connectivity index (χ4n) is 5.04. The van der Waals surface area contributed by atoms with Crippen molar-refractivity contribution in [3.8, 4) is 22.4 Å². The second-order valence-electron chi connectivity index (χ2n) is 10.8. The van der Waals surface area contributed by atoms with E-state index in [0.717, 1.165) is 42.9 Å². The van der Waals surface area contributed by atoms with Gasteiger partial charge in [-0.1, -0.05) is 99.6 Å². The number of carbonyl (C=O) groups excluding carboxylic acids is 1. The summed E-state index contributed by atoms with van der Waals surface area (Å²) in [6.45, 7) is 7.51. The van der Waals surface area contributed by atoms with Gasteiger partial charge in [0.05, 0.1) is 17.9 Å². The molecule has 0 saturated carbocycles. The molecule has 184 valence electrons. The first-order valence-corrected chi connectivity index (χ1v) is 13.0. The molecule has 2 heterocycles. The molecule has 1 N–H and O–H groups in total. The minimum Gasteiger partial charge on any atom is -0.340 e. The van der Waals surface area contributed by atoms with Crippen LogP contribution in [0.1, 0.15) is 63.0 Å². The molecule has 0 unspecified atom stereocenters. The van der Waals surface area contributed by atoms with Crippen LogP contribution in [0, 0.1) is 0 Å². The first kappa shape index (κ1) is 24.1. The van der Waals surface area contributed by atoms with Gasteiger partial charge < -0.3 is 9.88 Å². The van der Waals surface area contributed by atoms with Crippen LogP contribution in [0.3, 0.4) is 0 Å². The number of benzene rings is 3. The molecule has 1 fully saturated rings. The predicted molar refractivity (Wildman–Crippen MR) is 147 cm³/mol. The van der Waals surface area contributed by atoms with E-state index >= 15 is 0 Å². The van der Waals surface area contributed by atoms with Gasteiger partial charge in [0.25, 0.3) is 0 Å². The standard InChI is InChI=1S/C32H35N3O/c1-32(2,3)27-18-16-25(17-19-27)24-14-11-23(12-15-24)13-20-30(36)35-21-7-10-29(35)31-33-22-28(34-31)26-8-5-4-6-9-26/h4-6,8-9,11-12,14-19,22,29H,7,10,13,20-21H2,1-3H3,(H,33,34)/t29-/m0/s1. The summed E-state index contributed by atoms with van der Waals surface area (Å²) < 4.78 is 0. The average molecular weight is 478 g/mol. The van der Waals surface area contributed by atoms with E-state index < -0.39 is 0 Å². The summed E-state index contributed by atoms with van der Waals surface area (Å²) in [5.74, 6) is 1.10.